The van der Waals surface area contributed by atoms with Crippen LogP contribution in [-0.4, -0.2) is 26.1 Å². The molecule has 2 aromatic rings. The van der Waals surface area contributed by atoms with Crippen LogP contribution in [0.1, 0.15) is 16.1 Å². The van der Waals surface area contributed by atoms with Crippen molar-refractivity contribution >= 4 is 5.97 Å². The maximum Gasteiger partial charge on any atom is 0.416 e. The maximum atomic E-state index is 12.5. The summed E-state index contributed by atoms with van der Waals surface area (Å²) < 4.78 is 38.9. The van der Waals surface area contributed by atoms with Crippen molar-refractivity contribution in [2.75, 3.05) is 0 Å². The molecule has 0 saturated carbocycles. The number of carboxylic acids is 1. The average Bonchev–Trinajstić information content (AvgIpc) is 2.82. The van der Waals surface area contributed by atoms with Crippen molar-refractivity contribution in [1.82, 2.24) is 15.0 Å². The van der Waals surface area contributed by atoms with Gasteiger partial charge in [-0.05, 0) is 12.1 Å². The molecular formula is C13H10F3N3O2. The van der Waals surface area contributed by atoms with Gasteiger partial charge in [0, 0.05) is 5.56 Å². The fourth-order valence-electron chi connectivity index (χ4n) is 1.81. The first-order valence-corrected chi connectivity index (χ1v) is 5.80. The Morgan fingerprint density at radius 3 is 2.43 bits per heavy atom. The average molecular weight is 297 g/mol. The molecule has 0 fully saturated rings. The van der Waals surface area contributed by atoms with Crippen LogP contribution in [0.4, 0.5) is 13.2 Å². The van der Waals surface area contributed by atoms with Crippen LogP contribution in [0.5, 0.6) is 0 Å². The topological polar surface area (TPSA) is 68.0 Å². The minimum absolute atomic E-state index is 0.135. The summed E-state index contributed by atoms with van der Waals surface area (Å²) in [5.74, 6) is -1.31. The summed E-state index contributed by atoms with van der Waals surface area (Å²) in [6, 6.07) is 4.14. The van der Waals surface area contributed by atoms with Gasteiger partial charge in [-0.25, -0.2) is 9.48 Å². The number of hydrogen-bond acceptors (Lipinski definition) is 3. The van der Waals surface area contributed by atoms with Gasteiger partial charge in [-0.2, -0.15) is 13.2 Å². The van der Waals surface area contributed by atoms with Crippen LogP contribution in [0.15, 0.2) is 36.9 Å². The molecule has 2 rings (SSSR count). The van der Waals surface area contributed by atoms with Crippen LogP contribution in [0, 0.1) is 0 Å². The van der Waals surface area contributed by atoms with Crippen LogP contribution in [-0.2, 0) is 12.7 Å². The molecule has 0 unspecified atom stereocenters. The van der Waals surface area contributed by atoms with Crippen molar-refractivity contribution in [3.05, 3.63) is 48.2 Å². The number of aromatic nitrogens is 3. The van der Waals surface area contributed by atoms with Crippen molar-refractivity contribution in [2.45, 2.75) is 12.7 Å². The van der Waals surface area contributed by atoms with E-state index in [0.29, 0.717) is 0 Å². The van der Waals surface area contributed by atoms with E-state index in [0.717, 1.165) is 12.1 Å². The highest BCUT2D eigenvalue weighted by Gasteiger charge is 2.30. The van der Waals surface area contributed by atoms with Gasteiger partial charge >= 0.3 is 12.1 Å². The molecule has 0 bridgehead atoms. The SMILES string of the molecule is C=CCn1nnc(C(=O)O)c1-c1ccc(C(F)(F)F)cc1. The molecule has 1 N–H and O–H groups in total. The molecule has 0 aliphatic carbocycles. The lowest BCUT2D eigenvalue weighted by Crippen LogP contribution is -2.06. The molecule has 5 nitrogen and oxygen atoms in total. The van der Waals surface area contributed by atoms with Gasteiger partial charge in [0.15, 0.2) is 5.69 Å². The molecule has 21 heavy (non-hydrogen) atoms. The zero-order valence-corrected chi connectivity index (χ0v) is 10.6. The highest BCUT2D eigenvalue weighted by molar-refractivity contribution is 5.92. The number of halogens is 3. The summed E-state index contributed by atoms with van der Waals surface area (Å²) in [6.45, 7) is 3.70. The Balaban J connectivity index is 2.52. The lowest BCUT2D eigenvalue weighted by Gasteiger charge is -2.09. The molecule has 0 radical (unpaired) electrons. The fraction of sp³-hybridized carbons (Fsp3) is 0.154. The highest BCUT2D eigenvalue weighted by atomic mass is 19.4. The maximum absolute atomic E-state index is 12.5. The normalized spacial score (nSPS) is 11.4. The summed E-state index contributed by atoms with van der Waals surface area (Å²) >= 11 is 0. The van der Waals surface area contributed by atoms with Crippen molar-refractivity contribution < 1.29 is 23.1 Å². The van der Waals surface area contributed by atoms with E-state index in [-0.39, 0.29) is 23.5 Å². The fourth-order valence-corrected chi connectivity index (χ4v) is 1.81. The molecule has 1 heterocycles. The molecule has 0 aliphatic rings. The van der Waals surface area contributed by atoms with E-state index in [4.69, 9.17) is 5.11 Å². The van der Waals surface area contributed by atoms with Gasteiger partial charge < -0.3 is 5.11 Å². The number of alkyl halides is 3. The molecule has 0 saturated heterocycles. The zero-order chi connectivity index (χ0) is 15.6. The van der Waals surface area contributed by atoms with E-state index < -0.39 is 17.7 Å². The number of carbonyl (C=O) groups is 1. The first-order valence-electron chi connectivity index (χ1n) is 5.80. The van der Waals surface area contributed by atoms with E-state index in [1.54, 1.807) is 0 Å². The molecule has 110 valence electrons. The highest BCUT2D eigenvalue weighted by Crippen LogP contribution is 2.31. The number of carboxylic acid groups (broad SMARTS) is 1. The third-order valence-electron chi connectivity index (χ3n) is 2.73. The Bertz CT molecular complexity index is 675. The van der Waals surface area contributed by atoms with E-state index in [1.807, 2.05) is 0 Å². The summed E-state index contributed by atoms with van der Waals surface area (Å²) in [5, 5.41) is 16.3. The van der Waals surface area contributed by atoms with E-state index >= 15 is 0 Å². The monoisotopic (exact) mass is 297 g/mol. The Kier molecular flexibility index (Phi) is 3.79. The van der Waals surface area contributed by atoms with Gasteiger partial charge in [0.25, 0.3) is 0 Å². The van der Waals surface area contributed by atoms with Crippen LogP contribution in [0.25, 0.3) is 11.3 Å². The minimum atomic E-state index is -4.45. The lowest BCUT2D eigenvalue weighted by molar-refractivity contribution is -0.137. The molecular weight excluding hydrogens is 287 g/mol. The molecule has 8 heteroatoms. The van der Waals surface area contributed by atoms with Crippen molar-refractivity contribution in [3.8, 4) is 11.3 Å². The smallest absolute Gasteiger partial charge is 0.416 e. The quantitative estimate of drug-likeness (QED) is 0.881. The third-order valence-corrected chi connectivity index (χ3v) is 2.73. The Morgan fingerprint density at radius 1 is 1.33 bits per heavy atom. The van der Waals surface area contributed by atoms with E-state index in [9.17, 15) is 18.0 Å². The summed E-state index contributed by atoms with van der Waals surface area (Å²) in [6.07, 6.45) is -2.97. The first kappa shape index (κ1) is 14.8. The van der Waals surface area contributed by atoms with E-state index in [1.165, 1.54) is 22.9 Å². The summed E-state index contributed by atoms with van der Waals surface area (Å²) in [4.78, 5) is 11.1. The molecule has 1 aromatic carbocycles. The lowest BCUT2D eigenvalue weighted by atomic mass is 10.1. The molecule has 0 spiro atoms. The first-order chi connectivity index (χ1) is 9.84. The number of nitrogens with zero attached hydrogens (tertiary/aromatic N) is 3. The molecule has 0 aliphatic heterocycles. The Hall–Kier alpha value is -2.64. The van der Waals surface area contributed by atoms with Crippen LogP contribution in [0.3, 0.4) is 0 Å². The number of rotatable bonds is 4. The van der Waals surface area contributed by atoms with Gasteiger partial charge in [0.05, 0.1) is 12.1 Å². The number of aromatic carboxylic acids is 1. The van der Waals surface area contributed by atoms with Gasteiger partial charge in [-0.15, -0.1) is 11.7 Å². The second kappa shape index (κ2) is 5.39. The third kappa shape index (κ3) is 2.93. The van der Waals surface area contributed by atoms with Crippen LogP contribution >= 0.6 is 0 Å². The van der Waals surface area contributed by atoms with Gasteiger partial charge in [0.2, 0.25) is 0 Å². The second-order valence-electron chi connectivity index (χ2n) is 4.14. The largest absolute Gasteiger partial charge is 0.476 e. The molecule has 0 amide bonds. The van der Waals surface area contributed by atoms with Gasteiger partial charge in [-0.1, -0.05) is 23.4 Å². The number of hydrogen-bond donors (Lipinski definition) is 1. The minimum Gasteiger partial charge on any atom is -0.476 e. The van der Waals surface area contributed by atoms with Gasteiger partial charge in [0.1, 0.15) is 5.69 Å². The Labute approximate surface area is 117 Å². The zero-order valence-electron chi connectivity index (χ0n) is 10.6. The predicted octanol–water partition coefficient (Wildman–Crippen LogP) is 2.85. The van der Waals surface area contributed by atoms with E-state index in [2.05, 4.69) is 16.9 Å². The summed E-state index contributed by atoms with van der Waals surface area (Å²) in [7, 11) is 0. The molecule has 0 atom stereocenters. The van der Waals surface area contributed by atoms with Crippen molar-refractivity contribution in [2.24, 2.45) is 0 Å². The number of allylic oxidation sites excluding steroid dienone is 1. The Morgan fingerprint density at radius 2 is 1.95 bits per heavy atom. The van der Waals surface area contributed by atoms with Gasteiger partial charge in [-0.3, -0.25) is 0 Å². The molecule has 1 aromatic heterocycles. The van der Waals surface area contributed by atoms with Crippen molar-refractivity contribution in [1.29, 1.82) is 0 Å². The second-order valence-corrected chi connectivity index (χ2v) is 4.14. The van der Waals surface area contributed by atoms with Crippen LogP contribution in [0.2, 0.25) is 0 Å². The standard InChI is InChI=1S/C13H10F3N3O2/c1-2-7-19-11(10(12(20)21)17-18-19)8-3-5-9(6-4-8)13(14,15)16/h2-6H,1,7H2,(H,20,21). The van der Waals surface area contributed by atoms with Crippen LogP contribution < -0.4 is 0 Å². The predicted molar refractivity (Wildman–Crippen MR) is 67.6 cm³/mol. The number of benzene rings is 1. The van der Waals surface area contributed by atoms with Crippen molar-refractivity contribution in [3.63, 3.8) is 0 Å². The summed E-state index contributed by atoms with van der Waals surface area (Å²) in [5.41, 5.74) is -0.717.